The molecule has 0 saturated heterocycles. The summed E-state index contributed by atoms with van der Waals surface area (Å²) < 4.78 is 0. The summed E-state index contributed by atoms with van der Waals surface area (Å²) >= 11 is 1.84. The second-order valence-corrected chi connectivity index (χ2v) is 5.97. The van der Waals surface area contributed by atoms with Crippen molar-refractivity contribution in [3.63, 3.8) is 0 Å². The van der Waals surface area contributed by atoms with Crippen LogP contribution in [-0.4, -0.2) is 17.8 Å². The Balaban J connectivity index is 2.13. The number of nitrogens with two attached hydrogens (primary N) is 1. The molecule has 0 spiro atoms. The summed E-state index contributed by atoms with van der Waals surface area (Å²) in [6.07, 6.45) is 1.81. The van der Waals surface area contributed by atoms with Gasteiger partial charge in [-0.1, -0.05) is 18.2 Å². The zero-order chi connectivity index (χ0) is 14.5. The predicted molar refractivity (Wildman–Crippen MR) is 87.1 cm³/mol. The van der Waals surface area contributed by atoms with Crippen LogP contribution >= 0.6 is 11.8 Å². The molecule has 1 unspecified atom stereocenters. The molecule has 0 aliphatic carbocycles. The van der Waals surface area contributed by atoms with Crippen LogP contribution in [0.2, 0.25) is 0 Å². The Labute approximate surface area is 125 Å². The number of rotatable bonds is 5. The van der Waals surface area contributed by atoms with E-state index in [0.717, 1.165) is 16.9 Å². The highest BCUT2D eigenvalue weighted by molar-refractivity contribution is 7.99. The van der Waals surface area contributed by atoms with Crippen molar-refractivity contribution in [3.05, 3.63) is 53.2 Å². The first-order valence-electron chi connectivity index (χ1n) is 6.69. The number of anilines is 1. The summed E-state index contributed by atoms with van der Waals surface area (Å²) in [5.41, 5.74) is 9.52. The first-order chi connectivity index (χ1) is 9.61. The zero-order valence-electron chi connectivity index (χ0n) is 12.2. The van der Waals surface area contributed by atoms with E-state index in [9.17, 15) is 0 Å². The van der Waals surface area contributed by atoms with E-state index >= 15 is 0 Å². The van der Waals surface area contributed by atoms with E-state index in [2.05, 4.69) is 47.6 Å². The SMILES string of the molecule is CNC(CSc1ccccc1C)c1cc(C)cnc1N. The number of hydrogen-bond donors (Lipinski definition) is 2. The van der Waals surface area contributed by atoms with Gasteiger partial charge in [-0.25, -0.2) is 4.98 Å². The highest BCUT2D eigenvalue weighted by Crippen LogP contribution is 2.28. The molecule has 4 heteroatoms. The molecule has 1 atom stereocenters. The van der Waals surface area contributed by atoms with Crippen molar-refractivity contribution in [1.29, 1.82) is 0 Å². The quantitative estimate of drug-likeness (QED) is 0.828. The van der Waals surface area contributed by atoms with Gasteiger partial charge in [0.05, 0.1) is 0 Å². The molecule has 0 radical (unpaired) electrons. The lowest BCUT2D eigenvalue weighted by Crippen LogP contribution is -2.20. The van der Waals surface area contributed by atoms with E-state index in [1.165, 1.54) is 10.5 Å². The zero-order valence-corrected chi connectivity index (χ0v) is 13.0. The van der Waals surface area contributed by atoms with Gasteiger partial charge in [0.2, 0.25) is 0 Å². The van der Waals surface area contributed by atoms with Crippen LogP contribution < -0.4 is 11.1 Å². The lowest BCUT2D eigenvalue weighted by Gasteiger charge is -2.18. The van der Waals surface area contributed by atoms with Crippen LogP contribution in [0.1, 0.15) is 22.7 Å². The minimum Gasteiger partial charge on any atom is -0.383 e. The summed E-state index contributed by atoms with van der Waals surface area (Å²) in [6.45, 7) is 4.18. The Kier molecular flexibility index (Phi) is 5.04. The number of thioether (sulfide) groups is 1. The van der Waals surface area contributed by atoms with Crippen molar-refractivity contribution in [2.75, 3.05) is 18.5 Å². The van der Waals surface area contributed by atoms with Gasteiger partial charge in [-0.3, -0.25) is 0 Å². The lowest BCUT2D eigenvalue weighted by atomic mass is 10.1. The molecule has 1 aromatic heterocycles. The molecular formula is C16H21N3S. The van der Waals surface area contributed by atoms with E-state index < -0.39 is 0 Å². The number of nitrogen functional groups attached to an aromatic ring is 1. The largest absolute Gasteiger partial charge is 0.383 e. The minimum atomic E-state index is 0.201. The summed E-state index contributed by atoms with van der Waals surface area (Å²) in [4.78, 5) is 5.56. The van der Waals surface area contributed by atoms with Crippen molar-refractivity contribution < 1.29 is 0 Å². The molecule has 0 saturated carbocycles. The number of benzene rings is 1. The molecule has 2 aromatic rings. The first-order valence-corrected chi connectivity index (χ1v) is 7.68. The van der Waals surface area contributed by atoms with Gasteiger partial charge in [-0.05, 0) is 44.2 Å². The average molecular weight is 287 g/mol. The van der Waals surface area contributed by atoms with Crippen molar-refractivity contribution in [1.82, 2.24) is 10.3 Å². The Hall–Kier alpha value is -1.52. The Morgan fingerprint density at radius 1 is 1.30 bits per heavy atom. The smallest absolute Gasteiger partial charge is 0.128 e. The van der Waals surface area contributed by atoms with Crippen LogP contribution in [0.25, 0.3) is 0 Å². The molecule has 0 amide bonds. The van der Waals surface area contributed by atoms with Gasteiger partial charge in [-0.15, -0.1) is 11.8 Å². The van der Waals surface area contributed by atoms with Gasteiger partial charge >= 0.3 is 0 Å². The van der Waals surface area contributed by atoms with Gasteiger partial charge in [0.1, 0.15) is 5.82 Å². The van der Waals surface area contributed by atoms with Crippen LogP contribution in [0.15, 0.2) is 41.4 Å². The van der Waals surface area contributed by atoms with E-state index in [1.54, 1.807) is 6.20 Å². The summed E-state index contributed by atoms with van der Waals surface area (Å²) in [5, 5.41) is 3.34. The van der Waals surface area contributed by atoms with E-state index in [4.69, 9.17) is 5.73 Å². The maximum atomic E-state index is 6.00. The maximum absolute atomic E-state index is 6.00. The van der Waals surface area contributed by atoms with Crippen LogP contribution in [0.4, 0.5) is 5.82 Å². The molecule has 0 aliphatic rings. The van der Waals surface area contributed by atoms with E-state index in [1.807, 2.05) is 25.7 Å². The van der Waals surface area contributed by atoms with Gasteiger partial charge in [0.25, 0.3) is 0 Å². The standard InChI is InChI=1S/C16H21N3S/c1-11-8-13(16(17)19-9-11)14(18-3)10-20-15-7-5-4-6-12(15)2/h4-9,14,18H,10H2,1-3H3,(H2,17,19). The average Bonchev–Trinajstić information content (AvgIpc) is 2.45. The Morgan fingerprint density at radius 2 is 2.05 bits per heavy atom. The topological polar surface area (TPSA) is 50.9 Å². The van der Waals surface area contributed by atoms with Crippen LogP contribution in [0.5, 0.6) is 0 Å². The van der Waals surface area contributed by atoms with E-state index in [0.29, 0.717) is 5.82 Å². The minimum absolute atomic E-state index is 0.201. The second kappa shape index (κ2) is 6.77. The van der Waals surface area contributed by atoms with Crippen molar-refractivity contribution >= 4 is 17.6 Å². The first kappa shape index (κ1) is 14.9. The van der Waals surface area contributed by atoms with Crippen molar-refractivity contribution in [2.24, 2.45) is 0 Å². The molecule has 20 heavy (non-hydrogen) atoms. The summed E-state index contributed by atoms with van der Waals surface area (Å²) in [7, 11) is 1.96. The van der Waals surface area contributed by atoms with Gasteiger partial charge < -0.3 is 11.1 Å². The fraction of sp³-hybridized carbons (Fsp3) is 0.312. The third-order valence-corrected chi connectivity index (χ3v) is 4.58. The number of nitrogens with one attached hydrogen (secondary N) is 1. The normalized spacial score (nSPS) is 12.3. The van der Waals surface area contributed by atoms with Gasteiger partial charge in [-0.2, -0.15) is 0 Å². The number of aromatic nitrogens is 1. The third kappa shape index (κ3) is 3.52. The molecule has 0 fully saturated rings. The second-order valence-electron chi connectivity index (χ2n) is 4.90. The molecule has 106 valence electrons. The van der Waals surface area contributed by atoms with Crippen molar-refractivity contribution in [2.45, 2.75) is 24.8 Å². The molecule has 1 aromatic carbocycles. The number of pyridine rings is 1. The molecule has 0 aliphatic heterocycles. The van der Waals surface area contributed by atoms with Crippen LogP contribution in [0.3, 0.4) is 0 Å². The predicted octanol–water partition coefficient (Wildman–Crippen LogP) is 3.33. The molecule has 1 heterocycles. The fourth-order valence-corrected chi connectivity index (χ4v) is 3.26. The third-order valence-electron chi connectivity index (χ3n) is 3.31. The Morgan fingerprint density at radius 3 is 2.75 bits per heavy atom. The number of hydrogen-bond acceptors (Lipinski definition) is 4. The number of aryl methyl sites for hydroxylation is 2. The van der Waals surface area contributed by atoms with Gasteiger partial charge in [0.15, 0.2) is 0 Å². The van der Waals surface area contributed by atoms with E-state index in [-0.39, 0.29) is 6.04 Å². The monoisotopic (exact) mass is 287 g/mol. The molecule has 2 rings (SSSR count). The molecule has 3 nitrogen and oxygen atoms in total. The van der Waals surface area contributed by atoms with Crippen molar-refractivity contribution in [3.8, 4) is 0 Å². The number of nitrogens with zero attached hydrogens (tertiary/aromatic N) is 1. The van der Waals surface area contributed by atoms with Crippen LogP contribution in [0, 0.1) is 13.8 Å². The molecule has 0 bridgehead atoms. The summed E-state index contributed by atoms with van der Waals surface area (Å²) in [6, 6.07) is 10.8. The highest BCUT2D eigenvalue weighted by Gasteiger charge is 2.14. The lowest BCUT2D eigenvalue weighted by molar-refractivity contribution is 0.661. The Bertz CT molecular complexity index is 584. The van der Waals surface area contributed by atoms with Crippen LogP contribution in [-0.2, 0) is 0 Å². The van der Waals surface area contributed by atoms with Gasteiger partial charge in [0, 0.05) is 28.5 Å². The molecule has 3 N–H and O–H groups in total. The fourth-order valence-electron chi connectivity index (χ4n) is 2.10. The summed E-state index contributed by atoms with van der Waals surface area (Å²) in [5.74, 6) is 1.54. The maximum Gasteiger partial charge on any atom is 0.128 e. The highest BCUT2D eigenvalue weighted by atomic mass is 32.2. The molecular weight excluding hydrogens is 266 g/mol.